The fourth-order valence-electron chi connectivity index (χ4n) is 2.63. The average Bonchev–Trinajstić information content (AvgIpc) is 3.36. The lowest BCUT2D eigenvalue weighted by Gasteiger charge is -2.10. The first-order valence-corrected chi connectivity index (χ1v) is 9.11. The highest BCUT2D eigenvalue weighted by atomic mass is 35.5. The normalized spacial score (nSPS) is 10.8. The second-order valence-corrected chi connectivity index (χ2v) is 6.68. The molecule has 0 radical (unpaired) electrons. The van der Waals surface area contributed by atoms with Crippen LogP contribution in [-0.2, 0) is 6.54 Å². The second kappa shape index (κ2) is 7.84. The zero-order valence-electron chi connectivity index (χ0n) is 14.5. The van der Waals surface area contributed by atoms with E-state index in [9.17, 15) is 4.79 Å². The van der Waals surface area contributed by atoms with Crippen molar-refractivity contribution < 1.29 is 4.79 Å². The zero-order valence-corrected chi connectivity index (χ0v) is 16.0. The van der Waals surface area contributed by atoms with Crippen LogP contribution in [0.2, 0.25) is 10.0 Å². The minimum absolute atomic E-state index is 0.192. The van der Waals surface area contributed by atoms with Crippen molar-refractivity contribution in [2.24, 2.45) is 0 Å². The molecule has 2 aromatic carbocycles. The topological polar surface area (TPSA) is 77.6 Å². The Kier molecular flexibility index (Phi) is 5.10. The maximum absolute atomic E-state index is 12.6. The van der Waals surface area contributed by atoms with E-state index in [1.165, 1.54) is 11.0 Å². The number of nitrogens with one attached hydrogen (secondary N) is 1. The quantitative estimate of drug-likeness (QED) is 0.535. The van der Waals surface area contributed by atoms with Crippen molar-refractivity contribution in [2.45, 2.75) is 6.54 Å². The molecule has 0 aliphatic carbocycles. The van der Waals surface area contributed by atoms with Crippen LogP contribution in [-0.4, -0.2) is 30.7 Å². The molecule has 9 heteroatoms. The maximum atomic E-state index is 12.6. The minimum atomic E-state index is -0.388. The van der Waals surface area contributed by atoms with Crippen LogP contribution in [0.3, 0.4) is 0 Å². The summed E-state index contributed by atoms with van der Waals surface area (Å²) in [4.78, 5) is 14.0. The third-order valence-electron chi connectivity index (χ3n) is 4.02. The van der Waals surface area contributed by atoms with Crippen molar-refractivity contribution in [2.75, 3.05) is 5.32 Å². The first-order chi connectivity index (χ1) is 13.6. The highest BCUT2D eigenvalue weighted by Gasteiger charge is 2.15. The summed E-state index contributed by atoms with van der Waals surface area (Å²) in [5.41, 5.74) is 1.75. The minimum Gasteiger partial charge on any atom is -0.305 e. The average molecular weight is 413 g/mol. The van der Waals surface area contributed by atoms with Gasteiger partial charge in [0.05, 0.1) is 34.7 Å². The van der Waals surface area contributed by atoms with Gasteiger partial charge in [-0.2, -0.15) is 15.0 Å². The number of benzene rings is 2. The predicted molar refractivity (Wildman–Crippen MR) is 107 cm³/mol. The molecule has 0 atom stereocenters. The summed E-state index contributed by atoms with van der Waals surface area (Å²) in [6, 6.07) is 16.4. The molecule has 0 unspecified atom stereocenters. The van der Waals surface area contributed by atoms with Gasteiger partial charge in [0.15, 0.2) is 5.69 Å². The second-order valence-electron chi connectivity index (χ2n) is 5.90. The van der Waals surface area contributed by atoms with Gasteiger partial charge in [0.1, 0.15) is 5.82 Å². The zero-order chi connectivity index (χ0) is 19.5. The molecule has 4 rings (SSSR count). The maximum Gasteiger partial charge on any atom is 0.279 e. The first kappa shape index (κ1) is 18.2. The van der Waals surface area contributed by atoms with Crippen LogP contribution in [0, 0.1) is 0 Å². The van der Waals surface area contributed by atoms with Crippen molar-refractivity contribution in [3.63, 3.8) is 0 Å². The van der Waals surface area contributed by atoms with Crippen LogP contribution in [0.15, 0.2) is 67.0 Å². The highest BCUT2D eigenvalue weighted by molar-refractivity contribution is 6.42. The SMILES string of the molecule is O=C(Nc1ccnn1Cc1cccc(Cl)c1Cl)c1cnn(-c2ccccc2)n1. The molecule has 0 spiro atoms. The van der Waals surface area contributed by atoms with E-state index in [2.05, 4.69) is 20.6 Å². The number of hydrogen-bond donors (Lipinski definition) is 1. The number of halogens is 2. The van der Waals surface area contributed by atoms with E-state index in [0.717, 1.165) is 11.3 Å². The van der Waals surface area contributed by atoms with Gasteiger partial charge in [0, 0.05) is 6.07 Å². The number of anilines is 1. The number of carbonyl (C=O) groups excluding carboxylic acids is 1. The van der Waals surface area contributed by atoms with Gasteiger partial charge in [0.2, 0.25) is 0 Å². The molecule has 0 bridgehead atoms. The first-order valence-electron chi connectivity index (χ1n) is 8.35. The van der Waals surface area contributed by atoms with E-state index >= 15 is 0 Å². The summed E-state index contributed by atoms with van der Waals surface area (Å²) < 4.78 is 1.62. The van der Waals surface area contributed by atoms with E-state index in [1.54, 1.807) is 23.0 Å². The Morgan fingerprint density at radius 1 is 1.00 bits per heavy atom. The van der Waals surface area contributed by atoms with Crippen LogP contribution in [0.25, 0.3) is 5.69 Å². The highest BCUT2D eigenvalue weighted by Crippen LogP contribution is 2.26. The summed E-state index contributed by atoms with van der Waals surface area (Å²) in [6.45, 7) is 0.360. The van der Waals surface area contributed by atoms with Crippen molar-refractivity contribution >= 4 is 34.9 Å². The van der Waals surface area contributed by atoms with Gasteiger partial charge in [-0.1, -0.05) is 53.5 Å². The van der Waals surface area contributed by atoms with E-state index in [-0.39, 0.29) is 11.6 Å². The Balaban J connectivity index is 1.51. The molecule has 7 nitrogen and oxygen atoms in total. The van der Waals surface area contributed by atoms with Gasteiger partial charge in [-0.3, -0.25) is 4.79 Å². The molecule has 28 heavy (non-hydrogen) atoms. The van der Waals surface area contributed by atoms with Gasteiger partial charge in [-0.05, 0) is 23.8 Å². The number of carbonyl (C=O) groups is 1. The molecule has 1 amide bonds. The van der Waals surface area contributed by atoms with Crippen molar-refractivity contribution in [1.29, 1.82) is 0 Å². The lowest BCUT2D eigenvalue weighted by atomic mass is 10.2. The largest absolute Gasteiger partial charge is 0.305 e. The molecule has 0 saturated carbocycles. The fraction of sp³-hybridized carbons (Fsp3) is 0.0526. The Labute approximate surface area is 170 Å². The van der Waals surface area contributed by atoms with E-state index < -0.39 is 0 Å². The molecule has 2 heterocycles. The van der Waals surface area contributed by atoms with Gasteiger partial charge < -0.3 is 5.32 Å². The molecule has 2 aromatic heterocycles. The fourth-order valence-corrected chi connectivity index (χ4v) is 3.01. The number of para-hydroxylation sites is 1. The molecule has 0 saturated heterocycles. The Hall–Kier alpha value is -3.16. The van der Waals surface area contributed by atoms with Gasteiger partial charge in [-0.15, -0.1) is 5.10 Å². The smallest absolute Gasteiger partial charge is 0.279 e. The van der Waals surface area contributed by atoms with Crippen LogP contribution in [0.1, 0.15) is 16.1 Å². The van der Waals surface area contributed by atoms with E-state index in [1.807, 2.05) is 42.5 Å². The predicted octanol–water partition coefficient (Wildman–Crippen LogP) is 4.07. The molecule has 0 fully saturated rings. The molecular weight excluding hydrogens is 399 g/mol. The van der Waals surface area contributed by atoms with Crippen molar-refractivity contribution in [3.05, 3.63) is 88.3 Å². The van der Waals surface area contributed by atoms with E-state index in [4.69, 9.17) is 23.2 Å². The molecule has 0 aliphatic rings. The summed E-state index contributed by atoms with van der Waals surface area (Å²) in [5, 5.41) is 16.3. The number of hydrogen-bond acceptors (Lipinski definition) is 4. The van der Waals surface area contributed by atoms with Crippen LogP contribution < -0.4 is 5.32 Å². The summed E-state index contributed by atoms with van der Waals surface area (Å²) >= 11 is 12.3. The summed E-state index contributed by atoms with van der Waals surface area (Å²) in [6.07, 6.45) is 3.01. The number of rotatable bonds is 5. The Bertz CT molecular complexity index is 1120. The third kappa shape index (κ3) is 3.76. The van der Waals surface area contributed by atoms with Crippen LogP contribution in [0.5, 0.6) is 0 Å². The molecule has 4 aromatic rings. The van der Waals surface area contributed by atoms with Crippen molar-refractivity contribution in [3.8, 4) is 5.69 Å². The summed E-state index contributed by atoms with van der Waals surface area (Å²) in [7, 11) is 0. The van der Waals surface area contributed by atoms with Crippen LogP contribution >= 0.6 is 23.2 Å². The van der Waals surface area contributed by atoms with Crippen molar-refractivity contribution in [1.82, 2.24) is 24.8 Å². The number of amides is 1. The van der Waals surface area contributed by atoms with Gasteiger partial charge in [-0.25, -0.2) is 4.68 Å². The molecule has 1 N–H and O–H groups in total. The lowest BCUT2D eigenvalue weighted by molar-refractivity contribution is 0.102. The van der Waals surface area contributed by atoms with Gasteiger partial charge in [0.25, 0.3) is 5.91 Å². The molecular formula is C19H14Cl2N6O. The lowest BCUT2D eigenvalue weighted by Crippen LogP contribution is -2.17. The van der Waals surface area contributed by atoms with E-state index in [0.29, 0.717) is 22.4 Å². The standard InChI is InChI=1S/C19H14Cl2N6O/c20-15-8-4-5-13(18(15)21)12-26-17(9-10-22-26)24-19(28)16-11-23-27(25-16)14-6-2-1-3-7-14/h1-11H,12H2,(H,24,28). The Morgan fingerprint density at radius 2 is 1.82 bits per heavy atom. The monoisotopic (exact) mass is 412 g/mol. The Morgan fingerprint density at radius 3 is 2.64 bits per heavy atom. The molecule has 140 valence electrons. The number of nitrogens with zero attached hydrogens (tertiary/aromatic N) is 5. The van der Waals surface area contributed by atoms with Crippen LogP contribution in [0.4, 0.5) is 5.82 Å². The molecule has 0 aliphatic heterocycles. The summed E-state index contributed by atoms with van der Waals surface area (Å²) in [5.74, 6) is 0.122. The number of aromatic nitrogens is 5. The van der Waals surface area contributed by atoms with Gasteiger partial charge >= 0.3 is 0 Å². The third-order valence-corrected chi connectivity index (χ3v) is 4.88.